The van der Waals surface area contributed by atoms with Crippen molar-refractivity contribution in [3.05, 3.63) is 12.4 Å². The lowest BCUT2D eigenvalue weighted by Gasteiger charge is -2.08. The van der Waals surface area contributed by atoms with Crippen molar-refractivity contribution < 1.29 is 4.79 Å². The van der Waals surface area contributed by atoms with E-state index in [9.17, 15) is 4.79 Å². The van der Waals surface area contributed by atoms with E-state index < -0.39 is 0 Å². The van der Waals surface area contributed by atoms with Crippen LogP contribution in [0.4, 0.5) is 5.69 Å². The zero-order valence-corrected chi connectivity index (χ0v) is 8.86. The predicted molar refractivity (Wildman–Crippen MR) is 57.6 cm³/mol. The second-order valence-electron chi connectivity index (χ2n) is 3.72. The van der Waals surface area contributed by atoms with Crippen LogP contribution in [-0.2, 0) is 11.3 Å². The summed E-state index contributed by atoms with van der Waals surface area (Å²) in [6.07, 6.45) is 5.52. The van der Waals surface area contributed by atoms with Crippen LogP contribution in [0.15, 0.2) is 12.4 Å². The van der Waals surface area contributed by atoms with Crippen molar-refractivity contribution in [3.63, 3.8) is 0 Å². The monoisotopic (exact) mass is 208 g/mol. The van der Waals surface area contributed by atoms with Crippen LogP contribution < -0.4 is 10.6 Å². The predicted octanol–water partition coefficient (Wildman–Crippen LogP) is 0.593. The molecule has 1 amide bonds. The maximum atomic E-state index is 11.7. The molecule has 0 radical (unpaired) electrons. The van der Waals surface area contributed by atoms with Crippen LogP contribution in [0.1, 0.15) is 19.8 Å². The van der Waals surface area contributed by atoms with Gasteiger partial charge in [0.15, 0.2) is 0 Å². The van der Waals surface area contributed by atoms with Crippen molar-refractivity contribution in [2.45, 2.75) is 32.4 Å². The molecule has 0 aliphatic carbocycles. The van der Waals surface area contributed by atoms with Gasteiger partial charge < -0.3 is 10.6 Å². The molecule has 2 heterocycles. The fourth-order valence-electron chi connectivity index (χ4n) is 1.74. The molecule has 1 unspecified atom stereocenters. The second kappa shape index (κ2) is 4.44. The molecule has 2 rings (SSSR count). The van der Waals surface area contributed by atoms with E-state index in [0.717, 1.165) is 31.6 Å². The molecule has 0 saturated carbocycles. The fraction of sp³-hybridized carbons (Fsp3) is 0.600. The van der Waals surface area contributed by atoms with Gasteiger partial charge in [0.2, 0.25) is 5.91 Å². The molecule has 1 aliphatic rings. The summed E-state index contributed by atoms with van der Waals surface area (Å²) in [6, 6.07) is -0.0324. The van der Waals surface area contributed by atoms with Gasteiger partial charge in [0.25, 0.3) is 0 Å². The van der Waals surface area contributed by atoms with Crippen LogP contribution >= 0.6 is 0 Å². The van der Waals surface area contributed by atoms with Crippen LogP contribution in [0.25, 0.3) is 0 Å². The SMILES string of the molecule is CCn1cc(NC(=O)C2CCCN2)cn1. The van der Waals surface area contributed by atoms with E-state index in [1.807, 2.05) is 13.1 Å². The van der Waals surface area contributed by atoms with Crippen LogP contribution in [0.3, 0.4) is 0 Å². The van der Waals surface area contributed by atoms with Crippen molar-refractivity contribution in [2.24, 2.45) is 0 Å². The third kappa shape index (κ3) is 2.36. The molecule has 5 nitrogen and oxygen atoms in total. The maximum Gasteiger partial charge on any atom is 0.241 e. The molecule has 5 heteroatoms. The molecular weight excluding hydrogens is 192 g/mol. The minimum atomic E-state index is -0.0324. The zero-order valence-electron chi connectivity index (χ0n) is 8.86. The third-order valence-electron chi connectivity index (χ3n) is 2.60. The molecule has 2 N–H and O–H groups in total. The summed E-state index contributed by atoms with van der Waals surface area (Å²) < 4.78 is 1.79. The molecule has 1 fully saturated rings. The first kappa shape index (κ1) is 10.2. The van der Waals surface area contributed by atoms with Crippen molar-refractivity contribution in [1.29, 1.82) is 0 Å². The van der Waals surface area contributed by atoms with Crippen LogP contribution in [0.2, 0.25) is 0 Å². The van der Waals surface area contributed by atoms with E-state index in [-0.39, 0.29) is 11.9 Å². The van der Waals surface area contributed by atoms with Crippen LogP contribution in [0, 0.1) is 0 Å². The Morgan fingerprint density at radius 3 is 3.27 bits per heavy atom. The number of hydrogen-bond acceptors (Lipinski definition) is 3. The highest BCUT2D eigenvalue weighted by atomic mass is 16.2. The number of aromatic nitrogens is 2. The lowest BCUT2D eigenvalue weighted by atomic mass is 10.2. The summed E-state index contributed by atoms with van der Waals surface area (Å²) in [6.45, 7) is 3.76. The summed E-state index contributed by atoms with van der Waals surface area (Å²) in [5, 5.41) is 10.1. The molecule has 0 aromatic carbocycles. The number of hydrogen-bond donors (Lipinski definition) is 2. The molecular formula is C10H16N4O. The highest BCUT2D eigenvalue weighted by Crippen LogP contribution is 2.09. The van der Waals surface area contributed by atoms with Crippen LogP contribution in [-0.4, -0.2) is 28.3 Å². The smallest absolute Gasteiger partial charge is 0.241 e. The molecule has 82 valence electrons. The Morgan fingerprint density at radius 2 is 2.67 bits per heavy atom. The summed E-state index contributed by atoms with van der Waals surface area (Å²) in [5.41, 5.74) is 0.774. The fourth-order valence-corrected chi connectivity index (χ4v) is 1.74. The number of carbonyl (C=O) groups excluding carboxylic acids is 1. The lowest BCUT2D eigenvalue weighted by molar-refractivity contribution is -0.117. The second-order valence-corrected chi connectivity index (χ2v) is 3.72. The van der Waals surface area contributed by atoms with E-state index in [4.69, 9.17) is 0 Å². The Balaban J connectivity index is 1.92. The Hall–Kier alpha value is -1.36. The molecule has 1 aromatic rings. The van der Waals surface area contributed by atoms with Gasteiger partial charge in [-0.2, -0.15) is 5.10 Å². The van der Waals surface area contributed by atoms with Crippen molar-refractivity contribution in [3.8, 4) is 0 Å². The topological polar surface area (TPSA) is 59.0 Å². The van der Waals surface area contributed by atoms with Crippen molar-refractivity contribution >= 4 is 11.6 Å². The summed E-state index contributed by atoms with van der Waals surface area (Å²) >= 11 is 0. The number of anilines is 1. The Bertz CT molecular complexity index is 341. The lowest BCUT2D eigenvalue weighted by Crippen LogP contribution is -2.35. The van der Waals surface area contributed by atoms with E-state index in [1.165, 1.54) is 0 Å². The Labute approximate surface area is 88.8 Å². The molecule has 1 aliphatic heterocycles. The van der Waals surface area contributed by atoms with Crippen LogP contribution in [0.5, 0.6) is 0 Å². The number of amides is 1. The minimum absolute atomic E-state index is 0.0324. The van der Waals surface area contributed by atoms with Gasteiger partial charge in [-0.25, -0.2) is 0 Å². The van der Waals surface area contributed by atoms with Gasteiger partial charge >= 0.3 is 0 Å². The standard InChI is InChI=1S/C10H16N4O/c1-2-14-7-8(6-12-14)13-10(15)9-4-3-5-11-9/h6-7,9,11H,2-5H2,1H3,(H,13,15). The average molecular weight is 208 g/mol. The highest BCUT2D eigenvalue weighted by molar-refractivity contribution is 5.94. The van der Waals surface area contributed by atoms with Gasteiger partial charge in [-0.15, -0.1) is 0 Å². The van der Waals surface area contributed by atoms with Gasteiger partial charge in [-0.1, -0.05) is 0 Å². The van der Waals surface area contributed by atoms with Crippen molar-refractivity contribution in [2.75, 3.05) is 11.9 Å². The summed E-state index contributed by atoms with van der Waals surface area (Å²) in [4.78, 5) is 11.7. The third-order valence-corrected chi connectivity index (χ3v) is 2.60. The summed E-state index contributed by atoms with van der Waals surface area (Å²) in [7, 11) is 0. The summed E-state index contributed by atoms with van der Waals surface area (Å²) in [5.74, 6) is 0.0446. The molecule has 1 saturated heterocycles. The number of rotatable bonds is 3. The molecule has 15 heavy (non-hydrogen) atoms. The number of nitrogens with zero attached hydrogens (tertiary/aromatic N) is 2. The molecule has 0 spiro atoms. The Kier molecular flexibility index (Phi) is 3.01. The number of carbonyl (C=O) groups is 1. The quantitative estimate of drug-likeness (QED) is 0.764. The van der Waals surface area contributed by atoms with E-state index in [2.05, 4.69) is 15.7 Å². The van der Waals surface area contributed by atoms with Gasteiger partial charge in [0.1, 0.15) is 0 Å². The first-order valence-corrected chi connectivity index (χ1v) is 5.36. The van der Waals surface area contributed by atoms with Gasteiger partial charge in [0.05, 0.1) is 17.9 Å². The van der Waals surface area contributed by atoms with Gasteiger partial charge in [0, 0.05) is 12.7 Å². The average Bonchev–Trinajstić information content (AvgIpc) is 2.87. The van der Waals surface area contributed by atoms with E-state index in [0.29, 0.717) is 0 Å². The minimum Gasteiger partial charge on any atom is -0.322 e. The van der Waals surface area contributed by atoms with E-state index in [1.54, 1.807) is 10.9 Å². The van der Waals surface area contributed by atoms with Gasteiger partial charge in [-0.3, -0.25) is 9.48 Å². The largest absolute Gasteiger partial charge is 0.322 e. The molecule has 0 bridgehead atoms. The highest BCUT2D eigenvalue weighted by Gasteiger charge is 2.21. The van der Waals surface area contributed by atoms with Gasteiger partial charge in [-0.05, 0) is 26.3 Å². The molecule has 1 atom stereocenters. The normalized spacial score (nSPS) is 20.5. The first-order valence-electron chi connectivity index (χ1n) is 5.36. The number of nitrogens with one attached hydrogen (secondary N) is 2. The maximum absolute atomic E-state index is 11.7. The van der Waals surface area contributed by atoms with Crippen molar-refractivity contribution in [1.82, 2.24) is 15.1 Å². The van der Waals surface area contributed by atoms with E-state index >= 15 is 0 Å². The number of aryl methyl sites for hydroxylation is 1. The zero-order chi connectivity index (χ0) is 10.7. The Morgan fingerprint density at radius 1 is 1.80 bits per heavy atom. The first-order chi connectivity index (χ1) is 7.29. The molecule has 1 aromatic heterocycles.